The van der Waals surface area contributed by atoms with Gasteiger partial charge in [-0.1, -0.05) is 24.8 Å². The Kier molecular flexibility index (Phi) is 6.20. The first-order chi connectivity index (χ1) is 19.0. The Morgan fingerprint density at radius 1 is 1.18 bits per heavy atom. The number of amides is 2. The molecule has 2 aromatic carbocycles. The summed E-state index contributed by atoms with van der Waals surface area (Å²) >= 11 is 0. The largest absolute Gasteiger partial charge is 0.495 e. The summed E-state index contributed by atoms with van der Waals surface area (Å²) in [5.74, 6) is 0.671. The van der Waals surface area contributed by atoms with Crippen molar-refractivity contribution in [2.24, 2.45) is 0 Å². The number of aromatic nitrogens is 4. The molecule has 3 N–H and O–H groups in total. The first-order valence-corrected chi connectivity index (χ1v) is 12.6. The molecule has 4 heterocycles. The lowest BCUT2D eigenvalue weighted by molar-refractivity contribution is -0.111. The summed E-state index contributed by atoms with van der Waals surface area (Å²) in [5.41, 5.74) is 4.82. The van der Waals surface area contributed by atoms with Gasteiger partial charge in [0, 0.05) is 65.3 Å². The van der Waals surface area contributed by atoms with Crippen molar-refractivity contribution in [3.63, 3.8) is 0 Å². The molecule has 3 aromatic heterocycles. The third kappa shape index (κ3) is 4.56. The van der Waals surface area contributed by atoms with E-state index in [1.165, 1.54) is 13.2 Å². The summed E-state index contributed by atoms with van der Waals surface area (Å²) in [4.78, 5) is 34.7. The molecule has 10 nitrogen and oxygen atoms in total. The number of nitrogens with one attached hydrogen (secondary N) is 3. The zero-order valence-corrected chi connectivity index (χ0v) is 21.3. The van der Waals surface area contributed by atoms with Gasteiger partial charge >= 0.3 is 0 Å². The maximum Gasteiger partial charge on any atom is 0.254 e. The van der Waals surface area contributed by atoms with E-state index in [0.717, 1.165) is 34.1 Å². The summed E-state index contributed by atoms with van der Waals surface area (Å²) in [6.07, 6.45) is 7.53. The molecule has 0 unspecified atom stereocenters. The number of ether oxygens (including phenoxy) is 1. The lowest BCUT2D eigenvalue weighted by atomic mass is 10.1. The molecule has 10 heteroatoms. The third-order valence-corrected chi connectivity index (χ3v) is 6.96. The van der Waals surface area contributed by atoms with Crippen molar-refractivity contribution >= 4 is 39.9 Å². The van der Waals surface area contributed by atoms with Crippen LogP contribution in [0.2, 0.25) is 0 Å². The smallest absolute Gasteiger partial charge is 0.254 e. The van der Waals surface area contributed by atoms with E-state index in [1.807, 2.05) is 41.6 Å². The second-order valence-corrected chi connectivity index (χ2v) is 9.38. The molecule has 2 amide bonds. The second-order valence-electron chi connectivity index (χ2n) is 9.38. The van der Waals surface area contributed by atoms with E-state index in [-0.39, 0.29) is 17.9 Å². The van der Waals surface area contributed by atoms with Crippen molar-refractivity contribution in [1.29, 1.82) is 0 Å². The monoisotopic (exact) mass is 521 g/mol. The Morgan fingerprint density at radius 3 is 2.90 bits per heavy atom. The number of anilines is 2. The van der Waals surface area contributed by atoms with Crippen molar-refractivity contribution < 1.29 is 14.3 Å². The fourth-order valence-electron chi connectivity index (χ4n) is 5.05. The van der Waals surface area contributed by atoms with E-state index in [1.54, 1.807) is 28.9 Å². The molecule has 0 saturated carbocycles. The summed E-state index contributed by atoms with van der Waals surface area (Å²) in [7, 11) is 1.50. The molecule has 0 aliphatic carbocycles. The van der Waals surface area contributed by atoms with Crippen LogP contribution in [-0.2, 0) is 4.79 Å². The maximum absolute atomic E-state index is 13.3. The number of carbonyl (C=O) groups excluding carboxylic acids is 2. The van der Waals surface area contributed by atoms with E-state index in [0.29, 0.717) is 35.9 Å². The minimum absolute atomic E-state index is 0.0336. The van der Waals surface area contributed by atoms with Gasteiger partial charge in [0.25, 0.3) is 5.91 Å². The lowest BCUT2D eigenvalue weighted by Gasteiger charge is -2.19. The van der Waals surface area contributed by atoms with Gasteiger partial charge in [0.1, 0.15) is 11.6 Å². The van der Waals surface area contributed by atoms with Gasteiger partial charge in [0.2, 0.25) is 5.91 Å². The van der Waals surface area contributed by atoms with E-state index in [4.69, 9.17) is 9.84 Å². The Morgan fingerprint density at radius 2 is 2.05 bits per heavy atom. The molecule has 6 rings (SSSR count). The molecule has 1 fully saturated rings. The fourth-order valence-corrected chi connectivity index (χ4v) is 5.05. The highest BCUT2D eigenvalue weighted by Crippen LogP contribution is 2.33. The topological polar surface area (TPSA) is 117 Å². The second kappa shape index (κ2) is 9.97. The molecule has 196 valence electrons. The van der Waals surface area contributed by atoms with Gasteiger partial charge in [-0.05, 0) is 42.8 Å². The molecule has 0 spiro atoms. The van der Waals surface area contributed by atoms with Gasteiger partial charge in [-0.3, -0.25) is 9.59 Å². The Hall–Kier alpha value is -5.12. The molecule has 1 aliphatic rings. The van der Waals surface area contributed by atoms with Gasteiger partial charge in [-0.2, -0.15) is 0 Å². The van der Waals surface area contributed by atoms with E-state index >= 15 is 0 Å². The standard InChI is InChI=1S/C29H27N7O3/c1-3-27(37)33-24-9-8-18(14-25(24)39-2)29(38)35-12-10-19(17-35)32-26-15-21(28-30-11-13-36(28)34-26)22-16-31-23-7-5-4-6-20(22)23/h3-9,11,13-16,19,31H,1,10,12,17H2,2H3,(H,32,34)(H,33,37)/t19-/m1/s1. The minimum atomic E-state index is -0.351. The van der Waals surface area contributed by atoms with E-state index < -0.39 is 0 Å². The van der Waals surface area contributed by atoms with E-state index in [2.05, 4.69) is 33.2 Å². The van der Waals surface area contributed by atoms with Crippen molar-refractivity contribution in [2.75, 3.05) is 30.8 Å². The predicted octanol–water partition coefficient (Wildman–Crippen LogP) is 4.34. The number of methoxy groups -OCH3 is 1. The zero-order chi connectivity index (χ0) is 26.9. The number of carbonyl (C=O) groups is 2. The summed E-state index contributed by atoms with van der Waals surface area (Å²) in [6.45, 7) is 4.60. The van der Waals surface area contributed by atoms with Crippen LogP contribution < -0.4 is 15.4 Å². The molecule has 1 saturated heterocycles. The van der Waals surface area contributed by atoms with Crippen molar-refractivity contribution in [2.45, 2.75) is 12.5 Å². The number of benzene rings is 2. The number of H-pyrrole nitrogens is 1. The lowest BCUT2D eigenvalue weighted by Crippen LogP contribution is -2.31. The van der Waals surface area contributed by atoms with Gasteiger partial charge in [0.15, 0.2) is 5.65 Å². The number of nitrogens with zero attached hydrogens (tertiary/aromatic N) is 4. The van der Waals surface area contributed by atoms with Crippen LogP contribution in [0.25, 0.3) is 27.7 Å². The number of para-hydroxylation sites is 1. The number of imidazole rings is 1. The number of hydrogen-bond acceptors (Lipinski definition) is 6. The van der Waals surface area contributed by atoms with Crippen LogP contribution in [0.3, 0.4) is 0 Å². The number of fused-ring (bicyclic) bond motifs is 2. The molecular weight excluding hydrogens is 494 g/mol. The summed E-state index contributed by atoms with van der Waals surface area (Å²) in [5, 5.41) is 12.0. The van der Waals surface area contributed by atoms with Gasteiger partial charge in [-0.25, -0.2) is 9.50 Å². The molecule has 1 aliphatic heterocycles. The fraction of sp³-hybridized carbons (Fsp3) is 0.172. The first kappa shape index (κ1) is 24.2. The number of aromatic amines is 1. The predicted molar refractivity (Wildman–Crippen MR) is 150 cm³/mol. The van der Waals surface area contributed by atoms with Crippen molar-refractivity contribution in [3.8, 4) is 16.9 Å². The Bertz CT molecular complexity index is 1720. The number of likely N-dealkylation sites (tertiary alicyclic amines) is 1. The molecular formula is C29H27N7O3. The molecule has 39 heavy (non-hydrogen) atoms. The molecule has 0 bridgehead atoms. The molecule has 5 aromatic rings. The van der Waals surface area contributed by atoms with Crippen LogP contribution in [0.15, 0.2) is 79.8 Å². The van der Waals surface area contributed by atoms with Crippen LogP contribution >= 0.6 is 0 Å². The third-order valence-electron chi connectivity index (χ3n) is 6.96. The minimum Gasteiger partial charge on any atom is -0.495 e. The normalized spacial score (nSPS) is 15.0. The SMILES string of the molecule is C=CC(=O)Nc1ccc(C(=O)N2CC[C@@H](Nc3cc(-c4c[nH]c5ccccc45)c4nccn4n3)C2)cc1OC. The Labute approximate surface area is 224 Å². The highest BCUT2D eigenvalue weighted by atomic mass is 16.5. The van der Waals surface area contributed by atoms with Crippen LogP contribution in [0.4, 0.5) is 11.5 Å². The van der Waals surface area contributed by atoms with Gasteiger partial charge < -0.3 is 25.3 Å². The molecule has 1 atom stereocenters. The number of hydrogen-bond donors (Lipinski definition) is 3. The Balaban J connectivity index is 1.21. The van der Waals surface area contributed by atoms with Crippen LogP contribution in [-0.4, -0.2) is 62.5 Å². The maximum atomic E-state index is 13.3. The number of rotatable bonds is 7. The van der Waals surface area contributed by atoms with Gasteiger partial charge in [-0.15, -0.1) is 5.10 Å². The average molecular weight is 522 g/mol. The average Bonchev–Trinajstić information content (AvgIpc) is 3.72. The van der Waals surface area contributed by atoms with Crippen LogP contribution in [0.5, 0.6) is 5.75 Å². The van der Waals surface area contributed by atoms with Crippen LogP contribution in [0.1, 0.15) is 16.8 Å². The first-order valence-electron chi connectivity index (χ1n) is 12.6. The molecule has 0 radical (unpaired) electrons. The summed E-state index contributed by atoms with van der Waals surface area (Å²) < 4.78 is 7.17. The van der Waals surface area contributed by atoms with Crippen molar-refractivity contribution in [3.05, 3.63) is 85.3 Å². The zero-order valence-electron chi connectivity index (χ0n) is 21.3. The van der Waals surface area contributed by atoms with Crippen LogP contribution in [0, 0.1) is 0 Å². The quantitative estimate of drug-likeness (QED) is 0.275. The van der Waals surface area contributed by atoms with E-state index in [9.17, 15) is 9.59 Å². The van der Waals surface area contributed by atoms with Gasteiger partial charge in [0.05, 0.1) is 12.8 Å². The highest BCUT2D eigenvalue weighted by Gasteiger charge is 2.28. The van der Waals surface area contributed by atoms with Crippen molar-refractivity contribution in [1.82, 2.24) is 24.5 Å². The highest BCUT2D eigenvalue weighted by molar-refractivity contribution is 6.01. The summed E-state index contributed by atoms with van der Waals surface area (Å²) in [6, 6.07) is 15.2.